The Kier molecular flexibility index (Phi) is 6.04. The Hall–Kier alpha value is -0.680. The largest absolute Gasteiger partial charge is 0.492 e. The van der Waals surface area contributed by atoms with Gasteiger partial charge in [0.05, 0.1) is 6.54 Å². The Bertz CT molecular complexity index is 422. The van der Waals surface area contributed by atoms with Crippen molar-refractivity contribution in [1.29, 1.82) is 0 Å². The third-order valence-electron chi connectivity index (χ3n) is 3.06. The van der Waals surface area contributed by atoms with Crippen molar-refractivity contribution in [3.63, 3.8) is 0 Å². The van der Waals surface area contributed by atoms with Gasteiger partial charge >= 0.3 is 0 Å². The standard InChI is InChI=1S/C14H18BrNO2S/c15-12-2-1-3-13(10-12)18-7-6-16-14(17)11-4-8-19-9-5-11/h1-3,10-11H,4-9H2,(H,16,17). The van der Waals surface area contributed by atoms with E-state index in [9.17, 15) is 4.79 Å². The summed E-state index contributed by atoms with van der Waals surface area (Å²) in [5.74, 6) is 3.40. The third-order valence-corrected chi connectivity index (χ3v) is 4.60. The summed E-state index contributed by atoms with van der Waals surface area (Å²) in [6, 6.07) is 7.71. The molecule has 0 aromatic heterocycles. The van der Waals surface area contributed by atoms with Crippen molar-refractivity contribution < 1.29 is 9.53 Å². The van der Waals surface area contributed by atoms with Gasteiger partial charge in [0.2, 0.25) is 5.91 Å². The van der Waals surface area contributed by atoms with E-state index in [2.05, 4.69) is 21.2 Å². The van der Waals surface area contributed by atoms with Crippen LogP contribution in [0.4, 0.5) is 0 Å². The average Bonchev–Trinajstić information content (AvgIpc) is 2.44. The summed E-state index contributed by atoms with van der Waals surface area (Å²) in [6.07, 6.45) is 2.01. The van der Waals surface area contributed by atoms with Crippen molar-refractivity contribution in [3.8, 4) is 5.75 Å². The number of nitrogens with one attached hydrogen (secondary N) is 1. The molecule has 104 valence electrons. The summed E-state index contributed by atoms with van der Waals surface area (Å²) < 4.78 is 6.57. The number of hydrogen-bond donors (Lipinski definition) is 1. The zero-order valence-electron chi connectivity index (χ0n) is 10.7. The molecule has 0 atom stereocenters. The number of halogens is 1. The number of hydrogen-bond acceptors (Lipinski definition) is 3. The summed E-state index contributed by atoms with van der Waals surface area (Å²) in [7, 11) is 0. The number of rotatable bonds is 5. The van der Waals surface area contributed by atoms with Crippen LogP contribution in [0.25, 0.3) is 0 Å². The van der Waals surface area contributed by atoms with Crippen LogP contribution in [0.3, 0.4) is 0 Å². The Labute approximate surface area is 126 Å². The Morgan fingerprint density at radius 3 is 2.95 bits per heavy atom. The van der Waals surface area contributed by atoms with Gasteiger partial charge in [-0.3, -0.25) is 4.79 Å². The molecule has 1 N–H and O–H groups in total. The quantitative estimate of drug-likeness (QED) is 0.835. The molecule has 1 saturated heterocycles. The molecular formula is C14H18BrNO2S. The smallest absolute Gasteiger partial charge is 0.223 e. The third kappa shape index (κ3) is 5.07. The van der Waals surface area contributed by atoms with E-state index in [-0.39, 0.29) is 11.8 Å². The maximum absolute atomic E-state index is 11.9. The van der Waals surface area contributed by atoms with Crippen LogP contribution in [0, 0.1) is 5.92 Å². The molecule has 3 nitrogen and oxygen atoms in total. The summed E-state index contributed by atoms with van der Waals surface area (Å²) in [4.78, 5) is 11.9. The molecule has 1 amide bonds. The molecule has 1 fully saturated rings. The zero-order chi connectivity index (χ0) is 13.5. The lowest BCUT2D eigenvalue weighted by molar-refractivity contribution is -0.125. The Morgan fingerprint density at radius 2 is 2.21 bits per heavy atom. The van der Waals surface area contributed by atoms with Crippen LogP contribution in [0.2, 0.25) is 0 Å². The number of benzene rings is 1. The summed E-state index contributed by atoms with van der Waals surface area (Å²) >= 11 is 5.33. The van der Waals surface area contributed by atoms with Crippen molar-refractivity contribution in [2.24, 2.45) is 5.92 Å². The van der Waals surface area contributed by atoms with Gasteiger partial charge in [-0.2, -0.15) is 11.8 Å². The minimum atomic E-state index is 0.179. The average molecular weight is 344 g/mol. The molecule has 0 bridgehead atoms. The number of carbonyl (C=O) groups excluding carboxylic acids is 1. The van der Waals surface area contributed by atoms with E-state index in [1.54, 1.807) is 0 Å². The highest BCUT2D eigenvalue weighted by molar-refractivity contribution is 9.10. The Balaban J connectivity index is 1.65. The maximum Gasteiger partial charge on any atom is 0.223 e. The number of carbonyl (C=O) groups is 1. The van der Waals surface area contributed by atoms with E-state index >= 15 is 0 Å². The first-order chi connectivity index (χ1) is 9.25. The first kappa shape index (κ1) is 14.7. The van der Waals surface area contributed by atoms with Gasteiger partial charge in [0.1, 0.15) is 12.4 Å². The Morgan fingerprint density at radius 1 is 1.42 bits per heavy atom. The van der Waals surface area contributed by atoms with Crippen molar-refractivity contribution in [1.82, 2.24) is 5.32 Å². The topological polar surface area (TPSA) is 38.3 Å². The van der Waals surface area contributed by atoms with E-state index < -0.39 is 0 Å². The number of amides is 1. The highest BCUT2D eigenvalue weighted by Gasteiger charge is 2.20. The molecule has 1 aliphatic heterocycles. The van der Waals surface area contributed by atoms with E-state index in [4.69, 9.17) is 4.74 Å². The summed E-state index contributed by atoms with van der Waals surface area (Å²) in [5.41, 5.74) is 0. The van der Waals surface area contributed by atoms with Gasteiger partial charge in [0.25, 0.3) is 0 Å². The van der Waals surface area contributed by atoms with Gasteiger partial charge < -0.3 is 10.1 Å². The fourth-order valence-electron chi connectivity index (χ4n) is 2.00. The first-order valence-electron chi connectivity index (χ1n) is 6.49. The van der Waals surface area contributed by atoms with Gasteiger partial charge in [-0.15, -0.1) is 0 Å². The van der Waals surface area contributed by atoms with Crippen LogP contribution in [0.15, 0.2) is 28.7 Å². The SMILES string of the molecule is O=C(NCCOc1cccc(Br)c1)C1CCSCC1. The molecule has 0 radical (unpaired) electrons. The summed E-state index contributed by atoms with van der Waals surface area (Å²) in [5, 5.41) is 2.95. The molecule has 1 aliphatic rings. The van der Waals surface area contributed by atoms with Crippen LogP contribution in [0.5, 0.6) is 5.75 Å². The lowest BCUT2D eigenvalue weighted by atomic mass is 10.0. The van der Waals surface area contributed by atoms with Crippen molar-refractivity contribution in [2.75, 3.05) is 24.7 Å². The second-order valence-electron chi connectivity index (χ2n) is 4.48. The van der Waals surface area contributed by atoms with Crippen molar-refractivity contribution >= 4 is 33.6 Å². The molecule has 2 rings (SSSR count). The second-order valence-corrected chi connectivity index (χ2v) is 6.62. The zero-order valence-corrected chi connectivity index (χ0v) is 13.1. The highest BCUT2D eigenvalue weighted by Crippen LogP contribution is 2.22. The van der Waals surface area contributed by atoms with Crippen LogP contribution >= 0.6 is 27.7 Å². The molecule has 19 heavy (non-hydrogen) atoms. The van der Waals surface area contributed by atoms with Crippen LogP contribution in [-0.2, 0) is 4.79 Å². The molecule has 1 aromatic carbocycles. The van der Waals surface area contributed by atoms with E-state index in [1.807, 2.05) is 36.0 Å². The van der Waals surface area contributed by atoms with Gasteiger partial charge in [-0.1, -0.05) is 22.0 Å². The van der Waals surface area contributed by atoms with E-state index in [0.29, 0.717) is 13.2 Å². The predicted molar refractivity (Wildman–Crippen MR) is 82.7 cm³/mol. The monoisotopic (exact) mass is 343 g/mol. The van der Waals surface area contributed by atoms with Gasteiger partial charge in [-0.05, 0) is 42.5 Å². The van der Waals surface area contributed by atoms with Gasteiger partial charge in [-0.25, -0.2) is 0 Å². The van der Waals surface area contributed by atoms with Crippen LogP contribution in [-0.4, -0.2) is 30.6 Å². The molecule has 1 heterocycles. The molecule has 0 saturated carbocycles. The maximum atomic E-state index is 11.9. The second kappa shape index (κ2) is 7.80. The molecular weight excluding hydrogens is 326 g/mol. The molecule has 5 heteroatoms. The van der Waals surface area contributed by atoms with Gasteiger partial charge in [0.15, 0.2) is 0 Å². The first-order valence-corrected chi connectivity index (χ1v) is 8.44. The van der Waals surface area contributed by atoms with Crippen LogP contribution < -0.4 is 10.1 Å². The minimum Gasteiger partial charge on any atom is -0.492 e. The van der Waals surface area contributed by atoms with Crippen LogP contribution in [0.1, 0.15) is 12.8 Å². The lowest BCUT2D eigenvalue weighted by Gasteiger charge is -2.20. The molecule has 0 unspecified atom stereocenters. The number of thioether (sulfide) groups is 1. The fraction of sp³-hybridized carbons (Fsp3) is 0.500. The minimum absolute atomic E-state index is 0.179. The van der Waals surface area contributed by atoms with E-state index in [1.165, 1.54) is 0 Å². The predicted octanol–water partition coefficient (Wildman–Crippen LogP) is 3.09. The lowest BCUT2D eigenvalue weighted by Crippen LogP contribution is -2.35. The van der Waals surface area contributed by atoms with Gasteiger partial charge in [0, 0.05) is 10.4 Å². The normalized spacial score (nSPS) is 16.1. The molecule has 1 aromatic rings. The molecule has 0 spiro atoms. The molecule has 0 aliphatic carbocycles. The fourth-order valence-corrected chi connectivity index (χ4v) is 3.49. The summed E-state index contributed by atoms with van der Waals surface area (Å²) in [6.45, 7) is 1.07. The van der Waals surface area contributed by atoms with Crippen molar-refractivity contribution in [2.45, 2.75) is 12.8 Å². The van der Waals surface area contributed by atoms with E-state index in [0.717, 1.165) is 34.6 Å². The highest BCUT2D eigenvalue weighted by atomic mass is 79.9. The van der Waals surface area contributed by atoms with Crippen molar-refractivity contribution in [3.05, 3.63) is 28.7 Å². The number of ether oxygens (including phenoxy) is 1.